The molecule has 86 heavy (non-hydrogen) atoms. The fourth-order valence-electron chi connectivity index (χ4n) is 9.59. The molecule has 0 N–H and O–H groups in total. The van der Waals surface area contributed by atoms with Gasteiger partial charge in [0, 0.05) is 12.8 Å². The molecule has 0 aliphatic heterocycles. The van der Waals surface area contributed by atoms with E-state index in [1.165, 1.54) is 161 Å². The average molecular weight is 1220 g/mol. The van der Waals surface area contributed by atoms with E-state index in [0.717, 1.165) is 103 Å². The standard InChI is InChI=1S/C76H132NO8P/c1-6-8-10-12-14-16-18-20-22-24-26-28-30-32-34-35-36-37-38-39-40-41-43-45-47-49-51-53-55-57-59-61-63-65-67-69-76(79)85-74(73-84-86(80,81)83-71-70-77(3,4)5)72-82-75(78)68-66-64-62-60-58-56-54-52-50-48-46-44-42-33-31-29-27-25-23-21-19-17-15-13-11-9-7-2/h8,10,14,16,20,22,25-28,32,34,36-37,39-40,43,45,49,51,74H,6-7,9,11-13,15,17-19,21,23-24,29-31,33,35,38,41-42,44,46-48,50,52-73H2,1-5H3/b10-8-,16-14-,22-20-,27-25-,28-26-,34-32-,37-36-,40-39-,45-43-,51-49-. The van der Waals surface area contributed by atoms with Crippen molar-refractivity contribution in [2.75, 3.05) is 47.5 Å². The van der Waals surface area contributed by atoms with Gasteiger partial charge >= 0.3 is 11.9 Å². The van der Waals surface area contributed by atoms with E-state index in [2.05, 4.69) is 135 Å². The first-order chi connectivity index (χ1) is 42.0. The Balaban J connectivity index is 4.12. The maximum Gasteiger partial charge on any atom is 0.306 e. The van der Waals surface area contributed by atoms with Gasteiger partial charge < -0.3 is 27.9 Å². The first-order valence-corrected chi connectivity index (χ1v) is 36.7. The Morgan fingerprint density at radius 3 is 1.00 bits per heavy atom. The van der Waals surface area contributed by atoms with Crippen LogP contribution in [0, 0.1) is 0 Å². The number of ether oxygens (including phenoxy) is 2. The molecular weight excluding hydrogens is 1090 g/mol. The molecule has 494 valence electrons. The second-order valence-corrected chi connectivity index (χ2v) is 25.9. The van der Waals surface area contributed by atoms with Gasteiger partial charge in [-0.05, 0) is 109 Å². The summed E-state index contributed by atoms with van der Waals surface area (Å²) >= 11 is 0. The van der Waals surface area contributed by atoms with Gasteiger partial charge in [0.2, 0.25) is 0 Å². The first kappa shape index (κ1) is 82.4. The van der Waals surface area contributed by atoms with Crippen LogP contribution in [-0.2, 0) is 32.7 Å². The molecule has 0 aliphatic rings. The molecule has 0 fully saturated rings. The third-order valence-electron chi connectivity index (χ3n) is 15.0. The number of phosphoric acid groups is 1. The molecule has 0 saturated carbocycles. The van der Waals surface area contributed by atoms with Crippen molar-refractivity contribution >= 4 is 19.8 Å². The summed E-state index contributed by atoms with van der Waals surface area (Å²) in [6.07, 6.45) is 94.2. The summed E-state index contributed by atoms with van der Waals surface area (Å²) < 4.78 is 34.3. The molecule has 2 unspecified atom stereocenters. The number of carbonyl (C=O) groups excluding carboxylic acids is 2. The van der Waals surface area contributed by atoms with Crippen LogP contribution in [0.2, 0.25) is 0 Å². The number of carbonyl (C=O) groups is 2. The Bertz CT molecular complexity index is 1870. The van der Waals surface area contributed by atoms with E-state index in [1.54, 1.807) is 0 Å². The minimum atomic E-state index is -4.65. The highest BCUT2D eigenvalue weighted by molar-refractivity contribution is 7.45. The topological polar surface area (TPSA) is 111 Å². The van der Waals surface area contributed by atoms with E-state index in [1.807, 2.05) is 21.1 Å². The van der Waals surface area contributed by atoms with Crippen LogP contribution >= 0.6 is 7.82 Å². The zero-order valence-corrected chi connectivity index (χ0v) is 57.1. The molecule has 0 amide bonds. The van der Waals surface area contributed by atoms with Crippen molar-refractivity contribution in [1.82, 2.24) is 0 Å². The molecule has 0 radical (unpaired) electrons. The first-order valence-electron chi connectivity index (χ1n) is 35.2. The number of phosphoric ester groups is 1. The number of hydrogen-bond acceptors (Lipinski definition) is 8. The molecule has 0 rings (SSSR count). The SMILES string of the molecule is CC/C=C\C/C=C\C/C=C\C/C=C\C/C=C\C/C=C\C/C=C\C/C=C\C/C=C\CCCCCCCCCC(=O)OC(COC(=O)CCCCCCCCCCCCCCCCC/C=C\CCCCCCCCCC)COP(=O)([O-])OCC[N+](C)(C)C. The summed E-state index contributed by atoms with van der Waals surface area (Å²) in [7, 11) is 1.15. The lowest BCUT2D eigenvalue weighted by molar-refractivity contribution is -0.870. The van der Waals surface area contributed by atoms with Crippen molar-refractivity contribution in [1.29, 1.82) is 0 Å². The maximum atomic E-state index is 12.9. The Morgan fingerprint density at radius 2 is 0.663 bits per heavy atom. The summed E-state index contributed by atoms with van der Waals surface area (Å²) in [5, 5.41) is 0. The fourth-order valence-corrected chi connectivity index (χ4v) is 10.3. The lowest BCUT2D eigenvalue weighted by Crippen LogP contribution is -2.37. The highest BCUT2D eigenvalue weighted by atomic mass is 31.2. The van der Waals surface area contributed by atoms with Crippen molar-refractivity contribution < 1.29 is 42.1 Å². The number of nitrogens with zero attached hydrogens (tertiary/aromatic N) is 1. The van der Waals surface area contributed by atoms with Gasteiger partial charge in [0.05, 0.1) is 27.7 Å². The zero-order valence-electron chi connectivity index (χ0n) is 56.2. The van der Waals surface area contributed by atoms with Crippen LogP contribution in [0.25, 0.3) is 0 Å². The van der Waals surface area contributed by atoms with Crippen LogP contribution in [0.5, 0.6) is 0 Å². The van der Waals surface area contributed by atoms with Crippen LogP contribution in [0.4, 0.5) is 0 Å². The van der Waals surface area contributed by atoms with Gasteiger partial charge in [0.1, 0.15) is 19.8 Å². The van der Waals surface area contributed by atoms with Gasteiger partial charge in [0.25, 0.3) is 7.82 Å². The lowest BCUT2D eigenvalue weighted by Gasteiger charge is -2.28. The highest BCUT2D eigenvalue weighted by Gasteiger charge is 2.22. The Hall–Kier alpha value is -3.59. The molecule has 10 heteroatoms. The highest BCUT2D eigenvalue weighted by Crippen LogP contribution is 2.38. The van der Waals surface area contributed by atoms with E-state index >= 15 is 0 Å². The summed E-state index contributed by atoms with van der Waals surface area (Å²) in [5.74, 6) is -0.844. The van der Waals surface area contributed by atoms with Crippen LogP contribution in [-0.4, -0.2) is 70.0 Å². The van der Waals surface area contributed by atoms with Crippen molar-refractivity contribution in [3.8, 4) is 0 Å². The number of unbranched alkanes of at least 4 members (excludes halogenated alkanes) is 30. The molecule has 0 spiro atoms. The van der Waals surface area contributed by atoms with Gasteiger partial charge in [-0.1, -0.05) is 296 Å². The van der Waals surface area contributed by atoms with Crippen molar-refractivity contribution in [2.45, 2.75) is 302 Å². The Kier molecular flexibility index (Phi) is 63.1. The molecule has 0 aromatic carbocycles. The van der Waals surface area contributed by atoms with Gasteiger partial charge in [-0.15, -0.1) is 0 Å². The molecule has 9 nitrogen and oxygen atoms in total. The number of hydrogen-bond donors (Lipinski definition) is 0. The van der Waals surface area contributed by atoms with E-state index < -0.39 is 26.5 Å². The van der Waals surface area contributed by atoms with E-state index in [-0.39, 0.29) is 32.0 Å². The van der Waals surface area contributed by atoms with Crippen molar-refractivity contribution in [3.05, 3.63) is 122 Å². The van der Waals surface area contributed by atoms with Crippen LogP contribution < -0.4 is 4.89 Å². The summed E-state index contributed by atoms with van der Waals surface area (Å²) in [4.78, 5) is 38.1. The van der Waals surface area contributed by atoms with Gasteiger partial charge in [-0.3, -0.25) is 14.2 Å². The average Bonchev–Trinajstić information content (AvgIpc) is 3.56. The second kappa shape index (κ2) is 65.8. The predicted molar refractivity (Wildman–Crippen MR) is 369 cm³/mol. The van der Waals surface area contributed by atoms with Crippen LogP contribution in [0.3, 0.4) is 0 Å². The van der Waals surface area contributed by atoms with Gasteiger partial charge in [-0.25, -0.2) is 0 Å². The predicted octanol–water partition coefficient (Wildman–Crippen LogP) is 22.4. The van der Waals surface area contributed by atoms with Crippen LogP contribution in [0.15, 0.2) is 122 Å². The molecule has 0 saturated heterocycles. The normalized spacial score (nSPS) is 13.9. The second-order valence-electron chi connectivity index (χ2n) is 24.5. The molecule has 0 aromatic heterocycles. The van der Waals surface area contributed by atoms with Crippen molar-refractivity contribution in [2.24, 2.45) is 0 Å². The molecule has 0 aromatic rings. The van der Waals surface area contributed by atoms with E-state index in [4.69, 9.17) is 18.5 Å². The largest absolute Gasteiger partial charge is 0.756 e. The summed E-state index contributed by atoms with van der Waals surface area (Å²) in [6.45, 7) is 4.13. The number of allylic oxidation sites excluding steroid dienone is 20. The molecule has 0 bridgehead atoms. The number of esters is 2. The van der Waals surface area contributed by atoms with Gasteiger partial charge in [-0.2, -0.15) is 0 Å². The van der Waals surface area contributed by atoms with E-state index in [9.17, 15) is 19.0 Å². The minimum Gasteiger partial charge on any atom is -0.756 e. The summed E-state index contributed by atoms with van der Waals surface area (Å²) in [6, 6.07) is 0. The van der Waals surface area contributed by atoms with E-state index in [0.29, 0.717) is 17.4 Å². The quantitative estimate of drug-likeness (QED) is 0.0195. The van der Waals surface area contributed by atoms with Gasteiger partial charge in [0.15, 0.2) is 6.10 Å². The number of rotatable bonds is 64. The number of likely N-dealkylation sites (N-methyl/N-ethyl adjacent to an activating group) is 1. The third kappa shape index (κ3) is 69.5. The lowest BCUT2D eigenvalue weighted by atomic mass is 10.0. The molecule has 0 aliphatic carbocycles. The Morgan fingerprint density at radius 1 is 0.372 bits per heavy atom. The van der Waals surface area contributed by atoms with Crippen molar-refractivity contribution in [3.63, 3.8) is 0 Å². The molecule has 2 atom stereocenters. The summed E-state index contributed by atoms with van der Waals surface area (Å²) in [5.41, 5.74) is 0. The van der Waals surface area contributed by atoms with Crippen LogP contribution in [0.1, 0.15) is 296 Å². The monoisotopic (exact) mass is 1220 g/mol. The molecular formula is C76H132NO8P. The third-order valence-corrected chi connectivity index (χ3v) is 15.9. The maximum absolute atomic E-state index is 12.9. The minimum absolute atomic E-state index is 0.0380. The zero-order chi connectivity index (χ0) is 62.6. The molecule has 0 heterocycles. The fraction of sp³-hybridized carbons (Fsp3) is 0.711. The number of quaternary nitrogens is 1. The Labute approximate surface area is 530 Å². The smallest absolute Gasteiger partial charge is 0.306 e.